The molecular formula is C8H11NO2S. The molecule has 0 aromatic carbocycles. The quantitative estimate of drug-likeness (QED) is 0.495. The van der Waals surface area contributed by atoms with E-state index in [1.807, 2.05) is 0 Å². The lowest BCUT2D eigenvalue weighted by molar-refractivity contribution is -0.118. The summed E-state index contributed by atoms with van der Waals surface area (Å²) < 4.78 is 5.34. The molecular weight excluding hydrogens is 174 g/mol. The van der Waals surface area contributed by atoms with E-state index in [0.717, 1.165) is 25.9 Å². The van der Waals surface area contributed by atoms with E-state index in [4.69, 9.17) is 4.74 Å². The average Bonchev–Trinajstić information content (AvgIpc) is 2.53. The maximum absolute atomic E-state index is 10.8. The molecule has 1 aliphatic rings. The Bertz CT molecular complexity index is 205. The average molecular weight is 185 g/mol. The first-order chi connectivity index (χ1) is 5.83. The maximum Gasteiger partial charge on any atom is 0.254 e. The third-order valence-corrected chi connectivity index (χ3v) is 1.97. The minimum absolute atomic E-state index is 0.194. The fourth-order valence-electron chi connectivity index (χ4n) is 1.26. The van der Waals surface area contributed by atoms with Crippen LogP contribution < -0.4 is 0 Å². The van der Waals surface area contributed by atoms with Crippen LogP contribution in [-0.2, 0) is 9.53 Å². The molecule has 1 fully saturated rings. The zero-order valence-corrected chi connectivity index (χ0v) is 7.60. The van der Waals surface area contributed by atoms with Gasteiger partial charge in [-0.25, -0.2) is 0 Å². The monoisotopic (exact) mass is 185 g/mol. The summed E-state index contributed by atoms with van der Waals surface area (Å²) in [4.78, 5) is 14.2. The van der Waals surface area contributed by atoms with Gasteiger partial charge in [0.15, 0.2) is 0 Å². The van der Waals surface area contributed by atoms with Crippen LogP contribution >= 0.6 is 12.2 Å². The second-order valence-electron chi connectivity index (χ2n) is 2.77. The summed E-state index contributed by atoms with van der Waals surface area (Å²) in [6.45, 7) is 0.829. The van der Waals surface area contributed by atoms with Crippen molar-refractivity contribution in [3.05, 3.63) is 0 Å². The van der Waals surface area contributed by atoms with Crippen LogP contribution in [0.3, 0.4) is 0 Å². The molecule has 4 heteroatoms. The highest BCUT2D eigenvalue weighted by Gasteiger charge is 2.16. The highest BCUT2D eigenvalue weighted by Crippen LogP contribution is 2.16. The summed E-state index contributed by atoms with van der Waals surface area (Å²) in [5.74, 6) is -0.194. The Labute approximate surface area is 76.8 Å². The summed E-state index contributed by atoms with van der Waals surface area (Å²) >= 11 is 4.31. The number of nitrogens with zero attached hydrogens (tertiary/aromatic N) is 1. The number of ether oxygens (including phenoxy) is 1. The van der Waals surface area contributed by atoms with Crippen molar-refractivity contribution in [2.45, 2.75) is 31.8 Å². The number of thiocarbonyl (C=S) groups is 1. The molecule has 1 heterocycles. The van der Waals surface area contributed by atoms with Crippen molar-refractivity contribution in [3.63, 3.8) is 0 Å². The van der Waals surface area contributed by atoms with Crippen LogP contribution in [0, 0.1) is 0 Å². The van der Waals surface area contributed by atoms with E-state index in [1.54, 1.807) is 0 Å². The van der Waals surface area contributed by atoms with Crippen LogP contribution in [0.4, 0.5) is 0 Å². The lowest BCUT2D eigenvalue weighted by Crippen LogP contribution is -2.07. The summed E-state index contributed by atoms with van der Waals surface area (Å²) in [5, 5.41) is 2.06. The molecule has 0 aromatic heterocycles. The predicted octanol–water partition coefficient (Wildman–Crippen LogP) is 1.57. The van der Waals surface area contributed by atoms with Gasteiger partial charge in [0, 0.05) is 13.0 Å². The molecule has 1 rings (SSSR count). The van der Waals surface area contributed by atoms with Crippen LogP contribution in [0.15, 0.2) is 4.99 Å². The van der Waals surface area contributed by atoms with Crippen LogP contribution in [0.2, 0.25) is 0 Å². The standard InChI is InChI=1S/C8H11NO2S/c10-8(9-6-12)4-3-7-2-1-5-11-7/h7H,1-5H2. The molecule has 3 nitrogen and oxygen atoms in total. The molecule has 0 N–H and O–H groups in total. The fourth-order valence-corrected chi connectivity index (χ4v) is 1.37. The van der Waals surface area contributed by atoms with Gasteiger partial charge in [-0.15, -0.1) is 0 Å². The van der Waals surface area contributed by atoms with Crippen molar-refractivity contribution in [2.24, 2.45) is 4.99 Å². The van der Waals surface area contributed by atoms with Crippen molar-refractivity contribution < 1.29 is 9.53 Å². The van der Waals surface area contributed by atoms with E-state index < -0.39 is 0 Å². The van der Waals surface area contributed by atoms with Crippen LogP contribution in [0.5, 0.6) is 0 Å². The van der Waals surface area contributed by atoms with Gasteiger partial charge in [0.2, 0.25) is 0 Å². The zero-order valence-electron chi connectivity index (χ0n) is 6.78. The van der Waals surface area contributed by atoms with Gasteiger partial charge in [-0.1, -0.05) is 0 Å². The van der Waals surface area contributed by atoms with Crippen molar-refractivity contribution in [1.82, 2.24) is 0 Å². The lowest BCUT2D eigenvalue weighted by atomic mass is 10.1. The van der Waals surface area contributed by atoms with Crippen molar-refractivity contribution in [1.29, 1.82) is 0 Å². The highest BCUT2D eigenvalue weighted by molar-refractivity contribution is 7.78. The summed E-state index contributed by atoms with van der Waals surface area (Å²) in [6.07, 6.45) is 3.62. The first-order valence-electron chi connectivity index (χ1n) is 4.05. The highest BCUT2D eigenvalue weighted by atomic mass is 32.1. The lowest BCUT2D eigenvalue weighted by Gasteiger charge is -2.05. The van der Waals surface area contributed by atoms with Crippen LogP contribution in [0.1, 0.15) is 25.7 Å². The van der Waals surface area contributed by atoms with E-state index in [9.17, 15) is 4.79 Å². The van der Waals surface area contributed by atoms with Gasteiger partial charge in [0.05, 0.1) is 11.3 Å². The Morgan fingerprint density at radius 2 is 2.58 bits per heavy atom. The molecule has 0 aliphatic carbocycles. The van der Waals surface area contributed by atoms with Crippen molar-refractivity contribution >= 4 is 23.3 Å². The van der Waals surface area contributed by atoms with Crippen LogP contribution in [0.25, 0.3) is 0 Å². The molecule has 66 valence electrons. The predicted molar refractivity (Wildman–Crippen MR) is 48.2 cm³/mol. The van der Waals surface area contributed by atoms with E-state index >= 15 is 0 Å². The molecule has 0 aromatic rings. The molecule has 1 atom stereocenters. The van der Waals surface area contributed by atoms with Gasteiger partial charge in [0.1, 0.15) is 0 Å². The van der Waals surface area contributed by atoms with Crippen molar-refractivity contribution in [3.8, 4) is 0 Å². The minimum Gasteiger partial charge on any atom is -0.378 e. The topological polar surface area (TPSA) is 38.7 Å². The number of isothiocyanates is 1. The molecule has 0 saturated carbocycles. The van der Waals surface area contributed by atoms with Crippen molar-refractivity contribution in [2.75, 3.05) is 6.61 Å². The molecule has 1 aliphatic heterocycles. The zero-order chi connectivity index (χ0) is 8.81. The number of carbonyl (C=O) groups is 1. The number of aliphatic imine (C=N–C) groups is 1. The van der Waals surface area contributed by atoms with Gasteiger partial charge < -0.3 is 4.74 Å². The Morgan fingerprint density at radius 3 is 3.17 bits per heavy atom. The minimum atomic E-state index is -0.194. The second kappa shape index (κ2) is 5.14. The molecule has 1 amide bonds. The molecule has 0 spiro atoms. The SMILES string of the molecule is O=C(CCC1CCCO1)N=C=S. The number of rotatable bonds is 3. The van der Waals surface area contributed by atoms with Gasteiger partial charge >= 0.3 is 0 Å². The van der Waals surface area contributed by atoms with Gasteiger partial charge in [-0.2, -0.15) is 4.99 Å². The van der Waals surface area contributed by atoms with E-state index in [-0.39, 0.29) is 12.0 Å². The molecule has 1 saturated heterocycles. The smallest absolute Gasteiger partial charge is 0.254 e. The number of hydrogen-bond acceptors (Lipinski definition) is 3. The first-order valence-corrected chi connectivity index (χ1v) is 4.46. The van der Waals surface area contributed by atoms with E-state index in [0.29, 0.717) is 6.42 Å². The Balaban J connectivity index is 2.15. The Morgan fingerprint density at radius 1 is 1.75 bits per heavy atom. The number of carbonyl (C=O) groups excluding carboxylic acids is 1. The summed E-state index contributed by atoms with van der Waals surface area (Å²) in [7, 11) is 0. The molecule has 0 bridgehead atoms. The van der Waals surface area contributed by atoms with Gasteiger partial charge in [-0.05, 0) is 31.5 Å². The van der Waals surface area contributed by atoms with Gasteiger partial charge in [-0.3, -0.25) is 4.79 Å². The van der Waals surface area contributed by atoms with Crippen LogP contribution in [-0.4, -0.2) is 23.8 Å². The molecule has 0 radical (unpaired) electrons. The normalized spacial score (nSPS) is 21.8. The third-order valence-electron chi connectivity index (χ3n) is 1.87. The first kappa shape index (κ1) is 9.52. The third kappa shape index (κ3) is 3.22. The molecule has 12 heavy (non-hydrogen) atoms. The van der Waals surface area contributed by atoms with Gasteiger partial charge in [0.25, 0.3) is 5.91 Å². The maximum atomic E-state index is 10.8. The number of hydrogen-bond donors (Lipinski definition) is 0. The summed E-state index contributed by atoms with van der Waals surface area (Å²) in [6, 6.07) is 0. The van der Waals surface area contributed by atoms with E-state index in [1.165, 1.54) is 0 Å². The Kier molecular flexibility index (Phi) is 4.08. The number of amides is 1. The van der Waals surface area contributed by atoms with E-state index in [2.05, 4.69) is 22.4 Å². The largest absolute Gasteiger partial charge is 0.378 e. The second-order valence-corrected chi connectivity index (χ2v) is 2.95. The molecule has 1 unspecified atom stereocenters. The Hall–Kier alpha value is -0.570. The summed E-state index contributed by atoms with van der Waals surface area (Å²) in [5.41, 5.74) is 0. The fraction of sp³-hybridized carbons (Fsp3) is 0.750.